The minimum Gasteiger partial charge on any atom is -0.479 e. The molecule has 1 rings (SSSR count). The van der Waals surface area contributed by atoms with Crippen LogP contribution in [-0.4, -0.2) is 35.9 Å². The van der Waals surface area contributed by atoms with Gasteiger partial charge in [-0.05, 0) is 0 Å². The molecule has 1 aliphatic rings. The highest BCUT2D eigenvalue weighted by atomic mass is 17.2. The van der Waals surface area contributed by atoms with Crippen molar-refractivity contribution < 1.29 is 29.3 Å². The lowest BCUT2D eigenvalue weighted by atomic mass is 9.99. The Hall–Kier alpha value is -1.27. The zero-order valence-corrected chi connectivity index (χ0v) is 5.88. The van der Waals surface area contributed by atoms with Gasteiger partial charge in [0.05, 0.1) is 5.92 Å². The third-order valence-corrected chi connectivity index (χ3v) is 1.53. The van der Waals surface area contributed by atoms with Crippen LogP contribution in [0.2, 0.25) is 0 Å². The van der Waals surface area contributed by atoms with E-state index in [0.29, 0.717) is 12.6 Å². The minimum atomic E-state index is -1.38. The summed E-state index contributed by atoms with van der Waals surface area (Å²) in [5, 5.41) is 8.45. The van der Waals surface area contributed by atoms with Crippen LogP contribution >= 0.6 is 0 Å². The van der Waals surface area contributed by atoms with E-state index in [4.69, 9.17) is 5.11 Å². The highest BCUT2D eigenvalue weighted by Gasteiger charge is 2.43. The van der Waals surface area contributed by atoms with Gasteiger partial charge in [0.1, 0.15) is 6.29 Å². The molecule has 1 N–H and O–H groups in total. The second-order valence-electron chi connectivity index (χ2n) is 2.27. The van der Waals surface area contributed by atoms with Crippen LogP contribution in [0.3, 0.4) is 0 Å². The molecule has 0 amide bonds. The number of carbonyl (C=O) groups excluding carboxylic acids is 2. The third-order valence-electron chi connectivity index (χ3n) is 1.53. The number of carbonyl (C=O) groups is 3. The molecule has 6 heteroatoms. The molecule has 6 nitrogen and oxygen atoms in total. The highest BCUT2D eigenvalue weighted by molar-refractivity contribution is 5.80. The lowest BCUT2D eigenvalue weighted by molar-refractivity contribution is -0.287. The summed E-state index contributed by atoms with van der Waals surface area (Å²) in [5.74, 6) is -2.38. The summed E-state index contributed by atoms with van der Waals surface area (Å²) in [6.45, 7) is 0. The number of carboxylic acid groups (broad SMARTS) is 1. The van der Waals surface area contributed by atoms with Crippen molar-refractivity contribution in [2.75, 3.05) is 0 Å². The predicted molar refractivity (Wildman–Crippen MR) is 33.0 cm³/mol. The van der Waals surface area contributed by atoms with Gasteiger partial charge in [0.25, 0.3) is 0 Å². The molecule has 0 spiro atoms. The van der Waals surface area contributed by atoms with Crippen LogP contribution in [0.1, 0.15) is 0 Å². The Balaban J connectivity index is 2.74. The van der Waals surface area contributed by atoms with Crippen molar-refractivity contribution in [3.05, 3.63) is 0 Å². The molecule has 12 heavy (non-hydrogen) atoms. The molecule has 0 aromatic heterocycles. The van der Waals surface area contributed by atoms with Crippen LogP contribution in [0, 0.1) is 5.92 Å². The lowest BCUT2D eigenvalue weighted by Gasteiger charge is -2.04. The fraction of sp³-hybridized carbons (Fsp3) is 0.500. The Kier molecular flexibility index (Phi) is 2.51. The molecule has 0 bridgehead atoms. The number of aldehydes is 2. The molecular formula is C6H6O6. The van der Waals surface area contributed by atoms with Crippen LogP contribution in [-0.2, 0) is 24.2 Å². The van der Waals surface area contributed by atoms with Crippen molar-refractivity contribution in [3.63, 3.8) is 0 Å². The Bertz CT molecular complexity index is 212. The molecule has 66 valence electrons. The van der Waals surface area contributed by atoms with E-state index >= 15 is 0 Å². The molecule has 0 aromatic carbocycles. The standard InChI is InChI=1S/C6H6O6/c7-1-3-4(2-8)11-12-5(3)6(9)10/h1-5H,(H,9,10). The van der Waals surface area contributed by atoms with Gasteiger partial charge in [0.2, 0.25) is 6.10 Å². The Morgan fingerprint density at radius 1 is 1.25 bits per heavy atom. The zero-order chi connectivity index (χ0) is 9.14. The zero-order valence-electron chi connectivity index (χ0n) is 5.88. The Morgan fingerprint density at radius 3 is 2.33 bits per heavy atom. The molecule has 0 saturated carbocycles. The van der Waals surface area contributed by atoms with Crippen molar-refractivity contribution in [1.82, 2.24) is 0 Å². The summed E-state index contributed by atoms with van der Waals surface area (Å²) in [5.41, 5.74) is 0. The largest absolute Gasteiger partial charge is 0.479 e. The number of rotatable bonds is 3. The maximum atomic E-state index is 10.4. The van der Waals surface area contributed by atoms with Gasteiger partial charge in [-0.15, -0.1) is 0 Å². The van der Waals surface area contributed by atoms with Crippen molar-refractivity contribution >= 4 is 18.5 Å². The first-order chi connectivity index (χ1) is 5.70. The molecule has 0 aliphatic carbocycles. The maximum Gasteiger partial charge on any atom is 0.337 e. The molecule has 0 radical (unpaired) electrons. The predicted octanol–water partition coefficient (Wildman–Crippen LogP) is -1.22. The molecule has 1 saturated heterocycles. The first kappa shape index (κ1) is 8.82. The van der Waals surface area contributed by atoms with E-state index in [2.05, 4.69) is 9.78 Å². The van der Waals surface area contributed by atoms with Crippen LogP contribution in [0.15, 0.2) is 0 Å². The monoisotopic (exact) mass is 174 g/mol. The first-order valence-electron chi connectivity index (χ1n) is 3.16. The summed E-state index contributed by atoms with van der Waals surface area (Å²) >= 11 is 0. The second kappa shape index (κ2) is 3.42. The summed E-state index contributed by atoms with van der Waals surface area (Å²) in [7, 11) is 0. The van der Waals surface area contributed by atoms with Crippen LogP contribution < -0.4 is 0 Å². The van der Waals surface area contributed by atoms with Crippen LogP contribution in [0.4, 0.5) is 0 Å². The minimum absolute atomic E-state index is 0.335. The van der Waals surface area contributed by atoms with E-state index < -0.39 is 24.1 Å². The van der Waals surface area contributed by atoms with Crippen molar-refractivity contribution in [2.45, 2.75) is 12.2 Å². The summed E-state index contributed by atoms with van der Waals surface area (Å²) < 4.78 is 0. The first-order valence-corrected chi connectivity index (χ1v) is 3.16. The van der Waals surface area contributed by atoms with Gasteiger partial charge in [-0.2, -0.15) is 0 Å². The fourth-order valence-corrected chi connectivity index (χ4v) is 0.893. The van der Waals surface area contributed by atoms with Crippen molar-refractivity contribution in [2.24, 2.45) is 5.92 Å². The van der Waals surface area contributed by atoms with E-state index in [1.54, 1.807) is 0 Å². The second-order valence-corrected chi connectivity index (χ2v) is 2.27. The van der Waals surface area contributed by atoms with E-state index in [0.717, 1.165) is 0 Å². The number of hydrogen-bond acceptors (Lipinski definition) is 5. The van der Waals surface area contributed by atoms with Crippen LogP contribution in [0.5, 0.6) is 0 Å². The normalized spacial score (nSPS) is 34.5. The lowest BCUT2D eigenvalue weighted by Crippen LogP contribution is -2.32. The van der Waals surface area contributed by atoms with Gasteiger partial charge < -0.3 is 14.7 Å². The molecule has 1 fully saturated rings. The van der Waals surface area contributed by atoms with Gasteiger partial charge in [-0.25, -0.2) is 14.6 Å². The SMILES string of the molecule is O=CC1OOC(C(=O)O)C1C=O. The molecule has 1 aliphatic heterocycles. The van der Waals surface area contributed by atoms with Gasteiger partial charge >= 0.3 is 5.97 Å². The maximum absolute atomic E-state index is 10.4. The average molecular weight is 174 g/mol. The smallest absolute Gasteiger partial charge is 0.337 e. The molecule has 0 aromatic rings. The van der Waals surface area contributed by atoms with E-state index in [-0.39, 0.29) is 0 Å². The van der Waals surface area contributed by atoms with Gasteiger partial charge in [-0.1, -0.05) is 0 Å². The van der Waals surface area contributed by atoms with E-state index in [9.17, 15) is 14.4 Å². The fourth-order valence-electron chi connectivity index (χ4n) is 0.893. The average Bonchev–Trinajstić information content (AvgIpc) is 2.46. The van der Waals surface area contributed by atoms with E-state index in [1.807, 2.05) is 0 Å². The quantitative estimate of drug-likeness (QED) is 0.426. The van der Waals surface area contributed by atoms with Gasteiger partial charge in [0.15, 0.2) is 12.4 Å². The molecule has 3 atom stereocenters. The number of aliphatic carboxylic acids is 1. The van der Waals surface area contributed by atoms with E-state index in [1.165, 1.54) is 0 Å². The Morgan fingerprint density at radius 2 is 1.92 bits per heavy atom. The number of carboxylic acids is 1. The van der Waals surface area contributed by atoms with Gasteiger partial charge in [0, 0.05) is 0 Å². The molecular weight excluding hydrogens is 168 g/mol. The van der Waals surface area contributed by atoms with Gasteiger partial charge in [-0.3, -0.25) is 0 Å². The van der Waals surface area contributed by atoms with Crippen molar-refractivity contribution in [3.8, 4) is 0 Å². The van der Waals surface area contributed by atoms with Crippen molar-refractivity contribution in [1.29, 1.82) is 0 Å². The summed E-state index contributed by atoms with van der Waals surface area (Å²) in [4.78, 5) is 39.4. The number of hydrogen-bond donors (Lipinski definition) is 1. The molecule has 3 unspecified atom stereocenters. The summed E-state index contributed by atoms with van der Waals surface area (Å²) in [6.07, 6.45) is -1.81. The third kappa shape index (κ3) is 1.34. The molecule has 1 heterocycles. The highest BCUT2D eigenvalue weighted by Crippen LogP contribution is 2.21. The Labute approximate surface area is 67.0 Å². The summed E-state index contributed by atoms with van der Waals surface area (Å²) in [6, 6.07) is 0. The van der Waals surface area contributed by atoms with Crippen LogP contribution in [0.25, 0.3) is 0 Å². The topological polar surface area (TPSA) is 89.9 Å².